The molecule has 0 amide bonds. The van der Waals surface area contributed by atoms with E-state index < -0.39 is 0 Å². The highest BCUT2D eigenvalue weighted by atomic mass is 16.5. The molecule has 3 aromatic carbocycles. The highest BCUT2D eigenvalue weighted by Crippen LogP contribution is 2.28. The number of methoxy groups -OCH3 is 1. The molecule has 0 saturated carbocycles. The van der Waals surface area contributed by atoms with Gasteiger partial charge in [0.05, 0.1) is 18.5 Å². The van der Waals surface area contributed by atoms with Crippen LogP contribution in [0.3, 0.4) is 0 Å². The summed E-state index contributed by atoms with van der Waals surface area (Å²) < 4.78 is 8.29. The van der Waals surface area contributed by atoms with E-state index in [1.807, 2.05) is 50.5 Å². The van der Waals surface area contributed by atoms with Gasteiger partial charge in [-0.15, -0.1) is 0 Å². The van der Waals surface area contributed by atoms with Crippen LogP contribution < -0.4 is 10.3 Å². The molecule has 0 aliphatic heterocycles. The summed E-state index contributed by atoms with van der Waals surface area (Å²) in [5.41, 5.74) is 5.04. The lowest BCUT2D eigenvalue weighted by Crippen LogP contribution is -2.24. The second kappa shape index (κ2) is 9.72. The van der Waals surface area contributed by atoms with E-state index in [-0.39, 0.29) is 16.9 Å². The average molecular weight is 491 g/mol. The van der Waals surface area contributed by atoms with Gasteiger partial charge in [-0.25, -0.2) is 4.98 Å². The molecule has 0 N–H and O–H groups in total. The highest BCUT2D eigenvalue weighted by Gasteiger charge is 2.22. The van der Waals surface area contributed by atoms with Crippen LogP contribution in [0.25, 0.3) is 38.4 Å². The number of hydrogen-bond donors (Lipinski definition) is 0. The largest absolute Gasteiger partial charge is 0.497 e. The maximum atomic E-state index is 13.9. The molecule has 0 bridgehead atoms. The number of benzene rings is 3. The first-order valence-corrected chi connectivity index (χ1v) is 11.8. The van der Waals surface area contributed by atoms with Crippen LogP contribution in [0.5, 0.6) is 5.75 Å². The van der Waals surface area contributed by atoms with Crippen LogP contribution in [0.1, 0.15) is 11.4 Å². The minimum atomic E-state index is -0.290. The zero-order valence-corrected chi connectivity index (χ0v) is 21.1. The normalized spacial score (nSPS) is 11.1. The second-order valence-corrected chi connectivity index (χ2v) is 8.98. The Morgan fingerprint density at radius 2 is 1.65 bits per heavy atom. The summed E-state index contributed by atoms with van der Waals surface area (Å²) in [6.45, 7) is 10.2. The van der Waals surface area contributed by atoms with Crippen LogP contribution in [0.4, 0.5) is 5.82 Å². The van der Waals surface area contributed by atoms with Gasteiger partial charge in [0.1, 0.15) is 17.1 Å². The van der Waals surface area contributed by atoms with Crippen LogP contribution in [-0.4, -0.2) is 45.4 Å². The molecular weight excluding hydrogens is 464 g/mol. The lowest BCUT2D eigenvalue weighted by atomic mass is 9.99. The Hall–Kier alpha value is -4.74. The fraction of sp³-hybridized carbons (Fsp3) is 0.172. The lowest BCUT2D eigenvalue weighted by Gasteiger charge is -2.15. The zero-order chi connectivity index (χ0) is 26.1. The molecule has 0 aliphatic rings. The Labute approximate surface area is 214 Å². The van der Waals surface area contributed by atoms with Gasteiger partial charge in [0, 0.05) is 6.54 Å². The molecule has 8 heteroatoms. The Morgan fingerprint density at radius 1 is 0.973 bits per heavy atom. The molecule has 0 saturated heterocycles. The molecule has 0 spiro atoms. The Kier molecular flexibility index (Phi) is 6.30. The first-order chi connectivity index (χ1) is 17.9. The van der Waals surface area contributed by atoms with E-state index in [4.69, 9.17) is 11.3 Å². The molecule has 0 fully saturated rings. The summed E-state index contributed by atoms with van der Waals surface area (Å²) in [6.07, 6.45) is 0. The summed E-state index contributed by atoms with van der Waals surface area (Å²) in [5.74, 6) is 1.26. The molecule has 5 aromatic rings. The van der Waals surface area contributed by atoms with Gasteiger partial charge in [-0.05, 0) is 79.2 Å². The molecule has 8 nitrogen and oxygen atoms in total. The molecule has 37 heavy (non-hydrogen) atoms. The van der Waals surface area contributed by atoms with E-state index in [0.717, 1.165) is 17.7 Å². The Bertz CT molecular complexity index is 1690. The summed E-state index contributed by atoms with van der Waals surface area (Å²) in [6, 6.07) is 23.4. The maximum absolute atomic E-state index is 13.9. The van der Waals surface area contributed by atoms with Crippen molar-refractivity contribution in [1.82, 2.24) is 24.2 Å². The van der Waals surface area contributed by atoms with Crippen molar-refractivity contribution in [3.05, 3.63) is 106 Å². The molecule has 5 rings (SSSR count). The third kappa shape index (κ3) is 4.37. The van der Waals surface area contributed by atoms with Crippen LogP contribution >= 0.6 is 0 Å². The van der Waals surface area contributed by atoms with Crippen LogP contribution in [0.15, 0.2) is 77.6 Å². The van der Waals surface area contributed by atoms with Gasteiger partial charge < -0.3 is 14.5 Å². The van der Waals surface area contributed by atoms with Crippen molar-refractivity contribution in [3.63, 3.8) is 0 Å². The highest BCUT2D eigenvalue weighted by molar-refractivity contribution is 5.87. The summed E-state index contributed by atoms with van der Waals surface area (Å²) in [7, 11) is 5.69. The number of hydrogen-bond acceptors (Lipinski definition) is 5. The molecule has 0 atom stereocenters. The van der Waals surface area contributed by atoms with Crippen LogP contribution in [-0.2, 0) is 6.54 Å². The van der Waals surface area contributed by atoms with Gasteiger partial charge in [0.25, 0.3) is 5.56 Å². The number of aryl methyl sites for hydroxylation is 1. The minimum Gasteiger partial charge on any atom is -0.497 e. The third-order valence-corrected chi connectivity index (χ3v) is 6.21. The van der Waals surface area contributed by atoms with Gasteiger partial charge in [-0.3, -0.25) is 9.36 Å². The topological polar surface area (TPSA) is 69.5 Å². The van der Waals surface area contributed by atoms with E-state index in [0.29, 0.717) is 28.5 Å². The van der Waals surface area contributed by atoms with Gasteiger partial charge in [-0.2, -0.15) is 4.68 Å². The van der Waals surface area contributed by atoms with Crippen LogP contribution in [0, 0.1) is 13.5 Å². The van der Waals surface area contributed by atoms with Crippen molar-refractivity contribution in [1.29, 1.82) is 0 Å². The maximum Gasteiger partial charge on any atom is 0.322 e. The van der Waals surface area contributed by atoms with E-state index in [9.17, 15) is 4.79 Å². The SMILES string of the molecule is [C-]#[N+]c1nn(-c2ccc(OC)cc2)c2c(=O)n(-c3ccc(-c4ccccc4CN(C)C)cc3)c(C)nc12. The molecule has 0 radical (unpaired) electrons. The standard InChI is InChI=1S/C29H26N6O2/c1-19-31-26-27(35(32-28(26)30-2)23-14-16-24(37-5)17-15-23)29(36)34(19)22-12-10-20(11-13-22)25-9-7-6-8-21(25)18-33(3)4/h6-17H,18H2,1,3-5H3. The van der Waals surface area contributed by atoms with E-state index in [1.54, 1.807) is 42.9 Å². The molecule has 2 aromatic heterocycles. The fourth-order valence-electron chi connectivity index (χ4n) is 4.52. The van der Waals surface area contributed by atoms with Crippen molar-refractivity contribution >= 4 is 16.9 Å². The van der Waals surface area contributed by atoms with Gasteiger partial charge in [0.15, 0.2) is 5.52 Å². The third-order valence-electron chi connectivity index (χ3n) is 6.21. The summed E-state index contributed by atoms with van der Waals surface area (Å²) in [5, 5.41) is 4.40. The zero-order valence-electron chi connectivity index (χ0n) is 21.1. The fourth-order valence-corrected chi connectivity index (χ4v) is 4.52. The Morgan fingerprint density at radius 3 is 2.30 bits per heavy atom. The molecule has 0 unspecified atom stereocenters. The quantitative estimate of drug-likeness (QED) is 0.307. The summed E-state index contributed by atoms with van der Waals surface area (Å²) >= 11 is 0. The van der Waals surface area contributed by atoms with Crippen molar-refractivity contribution in [2.75, 3.05) is 21.2 Å². The number of ether oxygens (including phenoxy) is 1. The van der Waals surface area contributed by atoms with Gasteiger partial charge >= 0.3 is 5.82 Å². The van der Waals surface area contributed by atoms with E-state index in [2.05, 4.69) is 32.0 Å². The van der Waals surface area contributed by atoms with Crippen LogP contribution in [0.2, 0.25) is 0 Å². The van der Waals surface area contributed by atoms with Crippen molar-refractivity contribution < 1.29 is 4.74 Å². The predicted molar refractivity (Wildman–Crippen MR) is 145 cm³/mol. The molecular formula is C29H26N6O2. The lowest BCUT2D eigenvalue weighted by molar-refractivity contribution is 0.403. The Balaban J connectivity index is 1.64. The second-order valence-electron chi connectivity index (χ2n) is 8.98. The van der Waals surface area contributed by atoms with Crippen molar-refractivity contribution in [2.45, 2.75) is 13.5 Å². The molecule has 0 aliphatic carbocycles. The first kappa shape index (κ1) is 24.0. The first-order valence-electron chi connectivity index (χ1n) is 11.8. The number of fused-ring (bicyclic) bond motifs is 1. The summed E-state index contributed by atoms with van der Waals surface area (Å²) in [4.78, 5) is 24.1. The predicted octanol–water partition coefficient (Wildman–Crippen LogP) is 5.17. The van der Waals surface area contributed by atoms with E-state index >= 15 is 0 Å². The molecule has 2 heterocycles. The number of aromatic nitrogens is 4. The van der Waals surface area contributed by atoms with E-state index in [1.165, 1.54) is 10.2 Å². The average Bonchev–Trinajstić information content (AvgIpc) is 3.28. The van der Waals surface area contributed by atoms with Crippen molar-refractivity contribution in [3.8, 4) is 28.3 Å². The number of rotatable bonds is 6. The van der Waals surface area contributed by atoms with Gasteiger partial charge in [0.2, 0.25) is 0 Å². The van der Waals surface area contributed by atoms with Crippen molar-refractivity contribution in [2.24, 2.45) is 0 Å². The smallest absolute Gasteiger partial charge is 0.322 e. The monoisotopic (exact) mass is 490 g/mol. The van der Waals surface area contributed by atoms with Gasteiger partial charge in [-0.1, -0.05) is 43.0 Å². The minimum absolute atomic E-state index is 0.0889. The molecule has 184 valence electrons. The number of nitrogens with zero attached hydrogens (tertiary/aromatic N) is 6.